The van der Waals surface area contributed by atoms with Crippen LogP contribution in [0.2, 0.25) is 0 Å². The Morgan fingerprint density at radius 3 is 2.40 bits per heavy atom. The topological polar surface area (TPSA) is 48.8 Å². The summed E-state index contributed by atoms with van der Waals surface area (Å²) >= 11 is 0. The number of hydrogen-bond acceptors (Lipinski definition) is 3. The lowest BCUT2D eigenvalue weighted by molar-refractivity contribution is 0.401. The molecule has 0 aliphatic rings. The van der Waals surface area contributed by atoms with Crippen molar-refractivity contribution in [1.29, 1.82) is 0 Å². The van der Waals surface area contributed by atoms with Gasteiger partial charge in [-0.05, 0) is 30.7 Å². The van der Waals surface area contributed by atoms with Crippen LogP contribution in [0.1, 0.15) is 5.56 Å². The first-order valence-electron chi connectivity index (χ1n) is 4.59. The normalized spacial score (nSPS) is 9.47. The fourth-order valence-corrected chi connectivity index (χ4v) is 1.38. The summed E-state index contributed by atoms with van der Waals surface area (Å²) in [6, 6.07) is 3.48. The standard InChI is InChI=1S/C11H14N2O2/c1-13-9-7-10(14-2)8(4-5-12)6-11(9)15-3/h6-7H,4-5,12H2,2-3H3. The van der Waals surface area contributed by atoms with Crippen LogP contribution in [-0.4, -0.2) is 20.8 Å². The summed E-state index contributed by atoms with van der Waals surface area (Å²) < 4.78 is 10.3. The van der Waals surface area contributed by atoms with Gasteiger partial charge in [0.05, 0.1) is 20.8 Å². The van der Waals surface area contributed by atoms with E-state index in [0.29, 0.717) is 30.2 Å². The maximum atomic E-state index is 7.00. The van der Waals surface area contributed by atoms with Gasteiger partial charge in [-0.25, -0.2) is 4.85 Å². The smallest absolute Gasteiger partial charge is 0.231 e. The molecule has 1 aromatic rings. The van der Waals surface area contributed by atoms with Crippen LogP contribution < -0.4 is 15.2 Å². The van der Waals surface area contributed by atoms with Gasteiger partial charge in [-0.2, -0.15) is 0 Å². The van der Waals surface area contributed by atoms with Crippen molar-refractivity contribution in [2.45, 2.75) is 6.42 Å². The maximum absolute atomic E-state index is 7.00. The molecule has 4 nitrogen and oxygen atoms in total. The van der Waals surface area contributed by atoms with Crippen molar-refractivity contribution in [3.8, 4) is 11.5 Å². The van der Waals surface area contributed by atoms with Gasteiger partial charge in [0.1, 0.15) is 11.5 Å². The summed E-state index contributed by atoms with van der Waals surface area (Å²) in [6.45, 7) is 7.54. The minimum atomic E-state index is 0.454. The van der Waals surface area contributed by atoms with E-state index in [1.165, 1.54) is 0 Å². The molecular formula is C11H14N2O2. The summed E-state index contributed by atoms with van der Waals surface area (Å²) in [5, 5.41) is 0. The van der Waals surface area contributed by atoms with Gasteiger partial charge in [0, 0.05) is 0 Å². The van der Waals surface area contributed by atoms with E-state index in [-0.39, 0.29) is 0 Å². The minimum Gasteiger partial charge on any atom is -0.508 e. The van der Waals surface area contributed by atoms with Crippen LogP contribution in [-0.2, 0) is 6.42 Å². The Morgan fingerprint density at radius 2 is 1.93 bits per heavy atom. The number of nitrogens with two attached hydrogens (primary N) is 1. The summed E-state index contributed by atoms with van der Waals surface area (Å²) in [7, 11) is 3.12. The van der Waals surface area contributed by atoms with Gasteiger partial charge in [-0.15, -0.1) is 0 Å². The summed E-state index contributed by atoms with van der Waals surface area (Å²) in [5.74, 6) is 1.25. The molecule has 0 fully saturated rings. The van der Waals surface area contributed by atoms with Crippen molar-refractivity contribution in [2.75, 3.05) is 20.8 Å². The lowest BCUT2D eigenvalue weighted by Gasteiger charge is -2.11. The number of benzene rings is 1. The van der Waals surface area contributed by atoms with Gasteiger partial charge >= 0.3 is 0 Å². The zero-order chi connectivity index (χ0) is 11.3. The van der Waals surface area contributed by atoms with Crippen molar-refractivity contribution in [3.05, 3.63) is 29.1 Å². The highest BCUT2D eigenvalue weighted by Gasteiger charge is 2.10. The highest BCUT2D eigenvalue weighted by molar-refractivity contribution is 5.63. The number of methoxy groups -OCH3 is 2. The monoisotopic (exact) mass is 206 g/mol. The SMILES string of the molecule is [C-]#[N+]c1cc(OC)c(CCN)cc1OC. The second-order valence-electron chi connectivity index (χ2n) is 2.99. The first-order chi connectivity index (χ1) is 7.26. The van der Waals surface area contributed by atoms with Gasteiger partial charge in [0.15, 0.2) is 0 Å². The molecule has 1 aromatic carbocycles. The van der Waals surface area contributed by atoms with Gasteiger partial charge in [-0.3, -0.25) is 0 Å². The molecule has 0 bridgehead atoms. The molecule has 15 heavy (non-hydrogen) atoms. The molecule has 0 saturated heterocycles. The predicted octanol–water partition coefficient (Wildman–Crippen LogP) is 1.76. The largest absolute Gasteiger partial charge is 0.508 e. The molecule has 2 N–H and O–H groups in total. The molecule has 1 rings (SSSR count). The number of hydrogen-bond donors (Lipinski definition) is 1. The molecular weight excluding hydrogens is 192 g/mol. The zero-order valence-corrected chi connectivity index (χ0v) is 8.91. The van der Waals surface area contributed by atoms with E-state index in [2.05, 4.69) is 4.85 Å². The third-order valence-electron chi connectivity index (χ3n) is 2.12. The van der Waals surface area contributed by atoms with Gasteiger partial charge in [-0.1, -0.05) is 0 Å². The first-order valence-corrected chi connectivity index (χ1v) is 4.59. The molecule has 0 aliphatic carbocycles. The summed E-state index contributed by atoms with van der Waals surface area (Å²) in [6.07, 6.45) is 0.706. The second kappa shape index (κ2) is 5.23. The third kappa shape index (κ3) is 2.39. The van der Waals surface area contributed by atoms with Crippen molar-refractivity contribution in [3.63, 3.8) is 0 Å². The molecule has 0 heterocycles. The first kappa shape index (κ1) is 11.3. The van der Waals surface area contributed by atoms with E-state index >= 15 is 0 Å². The molecule has 0 unspecified atom stereocenters. The van der Waals surface area contributed by atoms with Crippen molar-refractivity contribution < 1.29 is 9.47 Å². The molecule has 0 radical (unpaired) electrons. The molecule has 0 spiro atoms. The molecule has 0 atom stereocenters. The third-order valence-corrected chi connectivity index (χ3v) is 2.12. The highest BCUT2D eigenvalue weighted by atomic mass is 16.5. The molecule has 4 heteroatoms. The van der Waals surface area contributed by atoms with Gasteiger partial charge in [0.2, 0.25) is 5.69 Å². The lowest BCUT2D eigenvalue weighted by Crippen LogP contribution is -2.04. The average Bonchev–Trinajstić information content (AvgIpc) is 2.28. The lowest BCUT2D eigenvalue weighted by atomic mass is 10.1. The van der Waals surface area contributed by atoms with E-state index < -0.39 is 0 Å². The van der Waals surface area contributed by atoms with E-state index in [1.54, 1.807) is 26.4 Å². The Hall–Kier alpha value is -1.73. The van der Waals surface area contributed by atoms with Crippen molar-refractivity contribution in [2.24, 2.45) is 5.73 Å². The number of rotatable bonds is 4. The Bertz CT molecular complexity index is 383. The fourth-order valence-electron chi connectivity index (χ4n) is 1.38. The van der Waals surface area contributed by atoms with Crippen LogP contribution in [0, 0.1) is 6.57 Å². The van der Waals surface area contributed by atoms with E-state index in [0.717, 1.165) is 5.56 Å². The van der Waals surface area contributed by atoms with E-state index in [1.807, 2.05) is 0 Å². The molecule has 0 aliphatic heterocycles. The highest BCUT2D eigenvalue weighted by Crippen LogP contribution is 2.34. The van der Waals surface area contributed by atoms with Crippen molar-refractivity contribution in [1.82, 2.24) is 0 Å². The number of ether oxygens (including phenoxy) is 2. The second-order valence-corrected chi connectivity index (χ2v) is 2.99. The van der Waals surface area contributed by atoms with E-state index in [9.17, 15) is 0 Å². The summed E-state index contributed by atoms with van der Waals surface area (Å²) in [5.41, 5.74) is 6.91. The van der Waals surface area contributed by atoms with Crippen LogP contribution in [0.25, 0.3) is 4.85 Å². The maximum Gasteiger partial charge on any atom is 0.231 e. The van der Waals surface area contributed by atoms with Crippen LogP contribution in [0.5, 0.6) is 11.5 Å². The Labute approximate surface area is 89.4 Å². The minimum absolute atomic E-state index is 0.454. The fraction of sp³-hybridized carbons (Fsp3) is 0.364. The van der Waals surface area contributed by atoms with Crippen LogP contribution >= 0.6 is 0 Å². The van der Waals surface area contributed by atoms with Crippen molar-refractivity contribution >= 4 is 5.69 Å². The zero-order valence-electron chi connectivity index (χ0n) is 8.91. The number of nitrogens with zero attached hydrogens (tertiary/aromatic N) is 1. The molecule has 80 valence electrons. The van der Waals surface area contributed by atoms with Crippen LogP contribution in [0.3, 0.4) is 0 Å². The van der Waals surface area contributed by atoms with Gasteiger partial charge < -0.3 is 15.2 Å². The Kier molecular flexibility index (Phi) is 3.95. The predicted molar refractivity (Wildman–Crippen MR) is 58.6 cm³/mol. The van der Waals surface area contributed by atoms with Crippen LogP contribution in [0.15, 0.2) is 12.1 Å². The van der Waals surface area contributed by atoms with Crippen LogP contribution in [0.4, 0.5) is 5.69 Å². The Balaban J connectivity index is 3.22. The average molecular weight is 206 g/mol. The Morgan fingerprint density at radius 1 is 1.27 bits per heavy atom. The molecule has 0 saturated carbocycles. The van der Waals surface area contributed by atoms with Gasteiger partial charge in [0.25, 0.3) is 0 Å². The quantitative estimate of drug-likeness (QED) is 0.763. The van der Waals surface area contributed by atoms with E-state index in [4.69, 9.17) is 21.8 Å². The molecule has 0 aromatic heterocycles. The molecule has 0 amide bonds. The summed E-state index contributed by atoms with van der Waals surface area (Å²) in [4.78, 5) is 3.36.